The van der Waals surface area contributed by atoms with E-state index < -0.39 is 0 Å². The van der Waals surface area contributed by atoms with E-state index in [4.69, 9.17) is 4.74 Å². The molecule has 4 nitrogen and oxygen atoms in total. The molecule has 3 rings (SSSR count). The van der Waals surface area contributed by atoms with E-state index in [1.807, 2.05) is 12.1 Å². The third-order valence-electron chi connectivity index (χ3n) is 4.11. The van der Waals surface area contributed by atoms with Crippen molar-refractivity contribution in [2.75, 3.05) is 18.5 Å². The first-order chi connectivity index (χ1) is 11.7. The smallest absolute Gasteiger partial charge is 0.319 e. The molecule has 2 N–H and O–H groups in total. The van der Waals surface area contributed by atoms with E-state index in [9.17, 15) is 9.18 Å². The van der Waals surface area contributed by atoms with Crippen LogP contribution in [0.3, 0.4) is 0 Å². The van der Waals surface area contributed by atoms with Gasteiger partial charge in [-0.3, -0.25) is 0 Å². The molecule has 0 heterocycles. The van der Waals surface area contributed by atoms with Gasteiger partial charge in [0.25, 0.3) is 0 Å². The second-order valence-electron chi connectivity index (χ2n) is 5.83. The average molecular weight is 328 g/mol. The predicted octanol–water partition coefficient (Wildman–Crippen LogP) is 3.91. The molecule has 5 heteroatoms. The summed E-state index contributed by atoms with van der Waals surface area (Å²) in [5.74, 6) is 0.279. The number of hydrogen-bond acceptors (Lipinski definition) is 2. The second kappa shape index (κ2) is 7.81. The van der Waals surface area contributed by atoms with Crippen molar-refractivity contribution in [2.45, 2.75) is 25.7 Å². The first-order valence-corrected chi connectivity index (χ1v) is 8.26. The summed E-state index contributed by atoms with van der Waals surface area (Å²) >= 11 is 0. The van der Waals surface area contributed by atoms with Crippen molar-refractivity contribution >= 4 is 11.7 Å². The first kappa shape index (κ1) is 16.3. The molecule has 0 spiro atoms. The van der Waals surface area contributed by atoms with Gasteiger partial charge in [-0.05, 0) is 67.1 Å². The summed E-state index contributed by atoms with van der Waals surface area (Å²) in [6, 6.07) is 11.6. The van der Waals surface area contributed by atoms with Crippen LogP contribution < -0.4 is 15.4 Å². The van der Waals surface area contributed by atoms with E-state index in [1.165, 1.54) is 36.1 Å². The average Bonchev–Trinajstić information content (AvgIpc) is 2.61. The van der Waals surface area contributed by atoms with E-state index >= 15 is 0 Å². The van der Waals surface area contributed by atoms with Crippen molar-refractivity contribution in [2.24, 2.45) is 0 Å². The standard InChI is InChI=1S/C19H21FN2O2/c20-15-8-10-16(11-9-15)24-13-12-21-19(23)22-18-7-3-5-14-4-1-2-6-17(14)18/h3,5,7-11H,1-2,4,6,12-13H2,(H2,21,22,23). The number of halogens is 1. The number of urea groups is 1. The monoisotopic (exact) mass is 328 g/mol. The SMILES string of the molecule is O=C(NCCOc1ccc(F)cc1)Nc1cccc2c1CCCC2. The Balaban J connectivity index is 1.45. The van der Waals surface area contributed by atoms with Crippen molar-refractivity contribution in [1.29, 1.82) is 0 Å². The molecule has 0 bridgehead atoms. The molecule has 0 saturated carbocycles. The first-order valence-electron chi connectivity index (χ1n) is 8.26. The maximum absolute atomic E-state index is 12.8. The molecule has 0 aliphatic heterocycles. The Morgan fingerprint density at radius 1 is 1.08 bits per heavy atom. The lowest BCUT2D eigenvalue weighted by Crippen LogP contribution is -2.32. The normalized spacial score (nSPS) is 13.0. The van der Waals surface area contributed by atoms with E-state index in [0.717, 1.165) is 18.5 Å². The number of nitrogens with one attached hydrogen (secondary N) is 2. The predicted molar refractivity (Wildman–Crippen MR) is 92.0 cm³/mol. The van der Waals surface area contributed by atoms with Crippen LogP contribution in [0.2, 0.25) is 0 Å². The Hall–Kier alpha value is -2.56. The molecule has 1 aliphatic carbocycles. The van der Waals surface area contributed by atoms with Gasteiger partial charge in [0.2, 0.25) is 0 Å². The van der Waals surface area contributed by atoms with E-state index in [0.29, 0.717) is 18.9 Å². The number of aryl methyl sites for hydroxylation is 1. The summed E-state index contributed by atoms with van der Waals surface area (Å²) < 4.78 is 18.2. The molecule has 0 radical (unpaired) electrons. The van der Waals surface area contributed by atoms with Crippen LogP contribution in [-0.4, -0.2) is 19.2 Å². The minimum absolute atomic E-state index is 0.239. The third kappa shape index (κ3) is 4.25. The maximum Gasteiger partial charge on any atom is 0.319 e. The van der Waals surface area contributed by atoms with E-state index in [-0.39, 0.29) is 11.8 Å². The summed E-state index contributed by atoms with van der Waals surface area (Å²) in [5.41, 5.74) is 3.48. The van der Waals surface area contributed by atoms with Crippen LogP contribution in [0.1, 0.15) is 24.0 Å². The summed E-state index contributed by atoms with van der Waals surface area (Å²) in [6.45, 7) is 0.699. The lowest BCUT2D eigenvalue weighted by molar-refractivity contribution is 0.247. The van der Waals surface area contributed by atoms with Gasteiger partial charge in [-0.25, -0.2) is 9.18 Å². The third-order valence-corrected chi connectivity index (χ3v) is 4.11. The van der Waals surface area contributed by atoms with Gasteiger partial charge in [-0.1, -0.05) is 12.1 Å². The number of ether oxygens (including phenoxy) is 1. The van der Waals surface area contributed by atoms with E-state index in [1.54, 1.807) is 12.1 Å². The van der Waals surface area contributed by atoms with Gasteiger partial charge >= 0.3 is 6.03 Å². The highest BCUT2D eigenvalue weighted by molar-refractivity contribution is 5.90. The quantitative estimate of drug-likeness (QED) is 0.818. The molecule has 126 valence electrons. The number of carbonyl (C=O) groups excluding carboxylic acids is 1. The van der Waals surface area contributed by atoms with Crippen LogP contribution >= 0.6 is 0 Å². The van der Waals surface area contributed by atoms with Gasteiger partial charge in [0.1, 0.15) is 18.2 Å². The van der Waals surface area contributed by atoms with Crippen molar-refractivity contribution in [1.82, 2.24) is 5.32 Å². The second-order valence-corrected chi connectivity index (χ2v) is 5.83. The fourth-order valence-corrected chi connectivity index (χ4v) is 2.93. The molecule has 0 aromatic heterocycles. The molecule has 2 aromatic carbocycles. The van der Waals surface area contributed by atoms with Crippen molar-refractivity contribution < 1.29 is 13.9 Å². The molecule has 0 fully saturated rings. The largest absolute Gasteiger partial charge is 0.492 e. The van der Waals surface area contributed by atoms with Crippen molar-refractivity contribution in [3.63, 3.8) is 0 Å². The molecule has 0 atom stereocenters. The van der Waals surface area contributed by atoms with Gasteiger partial charge in [-0.2, -0.15) is 0 Å². The molecule has 2 amide bonds. The number of carbonyl (C=O) groups is 1. The van der Waals surface area contributed by atoms with Crippen LogP contribution in [0, 0.1) is 5.82 Å². The highest BCUT2D eigenvalue weighted by Gasteiger charge is 2.14. The van der Waals surface area contributed by atoms with Crippen LogP contribution in [0.25, 0.3) is 0 Å². The topological polar surface area (TPSA) is 50.4 Å². The van der Waals surface area contributed by atoms with Crippen molar-refractivity contribution in [3.05, 3.63) is 59.4 Å². The number of anilines is 1. The fraction of sp³-hybridized carbons (Fsp3) is 0.316. The Morgan fingerprint density at radius 2 is 1.88 bits per heavy atom. The highest BCUT2D eigenvalue weighted by Crippen LogP contribution is 2.27. The number of fused-ring (bicyclic) bond motifs is 1. The highest BCUT2D eigenvalue weighted by atomic mass is 19.1. The maximum atomic E-state index is 12.8. The molecule has 2 aromatic rings. The molecule has 24 heavy (non-hydrogen) atoms. The molecule has 0 unspecified atom stereocenters. The molecular formula is C19H21FN2O2. The van der Waals surface area contributed by atoms with Gasteiger partial charge in [0.15, 0.2) is 0 Å². The summed E-state index contributed by atoms with van der Waals surface area (Å²) in [4.78, 5) is 12.0. The van der Waals surface area contributed by atoms with Gasteiger partial charge in [0.05, 0.1) is 6.54 Å². The van der Waals surface area contributed by atoms with Gasteiger partial charge in [0, 0.05) is 5.69 Å². The zero-order valence-electron chi connectivity index (χ0n) is 13.5. The van der Waals surface area contributed by atoms with Gasteiger partial charge < -0.3 is 15.4 Å². The van der Waals surface area contributed by atoms with E-state index in [2.05, 4.69) is 16.7 Å². The summed E-state index contributed by atoms with van der Waals surface area (Å²) in [6.07, 6.45) is 4.47. The zero-order valence-corrected chi connectivity index (χ0v) is 13.5. The number of benzene rings is 2. The lowest BCUT2D eigenvalue weighted by atomic mass is 9.90. The summed E-state index contributed by atoms with van der Waals surface area (Å²) in [7, 11) is 0. The number of amides is 2. The number of hydrogen-bond donors (Lipinski definition) is 2. The number of rotatable bonds is 5. The minimum Gasteiger partial charge on any atom is -0.492 e. The molecule has 0 saturated heterocycles. The Morgan fingerprint density at radius 3 is 2.71 bits per heavy atom. The Kier molecular flexibility index (Phi) is 5.31. The summed E-state index contributed by atoms with van der Waals surface area (Å²) in [5, 5.41) is 5.69. The molecule has 1 aliphatic rings. The van der Waals surface area contributed by atoms with Crippen molar-refractivity contribution in [3.8, 4) is 5.75 Å². The Labute approximate surface area is 141 Å². The molecular weight excluding hydrogens is 307 g/mol. The lowest BCUT2D eigenvalue weighted by Gasteiger charge is -2.19. The van der Waals surface area contributed by atoms with Crippen LogP contribution in [0.5, 0.6) is 5.75 Å². The zero-order chi connectivity index (χ0) is 16.8. The fourth-order valence-electron chi connectivity index (χ4n) is 2.93. The van der Waals surface area contributed by atoms with Crippen LogP contribution in [0.4, 0.5) is 14.9 Å². The van der Waals surface area contributed by atoms with Crippen LogP contribution in [0.15, 0.2) is 42.5 Å². The van der Waals surface area contributed by atoms with Crippen LogP contribution in [-0.2, 0) is 12.8 Å². The minimum atomic E-state index is -0.300. The Bertz CT molecular complexity index is 701. The van der Waals surface area contributed by atoms with Gasteiger partial charge in [-0.15, -0.1) is 0 Å².